The fraction of sp³-hybridized carbons (Fsp3) is 0.0870. The molecule has 0 atom stereocenters. The van der Waals surface area contributed by atoms with Gasteiger partial charge in [-0.1, -0.05) is 15.9 Å². The summed E-state index contributed by atoms with van der Waals surface area (Å²) in [5.74, 6) is -0.429. The highest BCUT2D eigenvalue weighted by atomic mass is 79.9. The lowest BCUT2D eigenvalue weighted by molar-refractivity contribution is 0.0657. The van der Waals surface area contributed by atoms with Crippen molar-refractivity contribution in [2.24, 2.45) is 5.10 Å². The molecule has 0 saturated carbocycles. The summed E-state index contributed by atoms with van der Waals surface area (Å²) in [6.45, 7) is 0.0290. The first-order valence-electron chi connectivity index (χ1n) is 9.58. The van der Waals surface area contributed by atoms with Gasteiger partial charge in [0.2, 0.25) is 5.76 Å². The number of carbonyl (C=O) groups excluding carboxylic acids is 1. The molecule has 9 nitrogen and oxygen atoms in total. The highest BCUT2D eigenvalue weighted by Crippen LogP contribution is 2.28. The minimum atomic E-state index is -1.15. The summed E-state index contributed by atoms with van der Waals surface area (Å²) in [5.41, 5.74) is 3.68. The van der Waals surface area contributed by atoms with Gasteiger partial charge in [0.25, 0.3) is 0 Å². The Kier molecular flexibility index (Phi) is 6.45. The van der Waals surface area contributed by atoms with Gasteiger partial charge in [-0.25, -0.2) is 10.2 Å². The number of ether oxygens (including phenoxy) is 2. The summed E-state index contributed by atoms with van der Waals surface area (Å²) >= 11 is 3.38. The molecule has 0 aliphatic heterocycles. The van der Waals surface area contributed by atoms with Crippen LogP contribution < -0.4 is 14.9 Å². The van der Waals surface area contributed by atoms with E-state index in [-0.39, 0.29) is 18.1 Å². The number of furan rings is 2. The number of hydrogen-bond acceptors (Lipinski definition) is 7. The monoisotopic (exact) mass is 512 g/mol. The first-order chi connectivity index (χ1) is 15.9. The number of carbonyl (C=O) groups is 2. The topological polar surface area (TPSA) is 124 Å². The van der Waals surface area contributed by atoms with E-state index in [0.717, 1.165) is 9.86 Å². The van der Waals surface area contributed by atoms with E-state index in [9.17, 15) is 9.59 Å². The molecule has 0 saturated heterocycles. The molecule has 0 aliphatic carbocycles. The van der Waals surface area contributed by atoms with Crippen molar-refractivity contribution in [1.29, 1.82) is 0 Å². The van der Waals surface area contributed by atoms with Crippen LogP contribution in [0.1, 0.15) is 32.4 Å². The van der Waals surface area contributed by atoms with Crippen LogP contribution in [0, 0.1) is 0 Å². The average Bonchev–Trinajstić information content (AvgIpc) is 3.45. The second kappa shape index (κ2) is 9.61. The van der Waals surface area contributed by atoms with Gasteiger partial charge in [-0.15, -0.1) is 0 Å². The summed E-state index contributed by atoms with van der Waals surface area (Å²) in [7, 11) is 1.49. The second-order valence-corrected chi connectivity index (χ2v) is 7.68. The lowest BCUT2D eigenvalue weighted by Gasteiger charge is -2.10. The molecule has 4 rings (SSSR count). The second-order valence-electron chi connectivity index (χ2n) is 6.76. The van der Waals surface area contributed by atoms with Crippen molar-refractivity contribution >= 4 is 45.0 Å². The molecule has 2 aromatic carbocycles. The SMILES string of the molecule is COc1cc(/C=N/NC(=O)c2cc3cc(Br)ccc3o2)ccc1OCc1ccc(C(=O)O)o1. The van der Waals surface area contributed by atoms with Crippen LogP contribution in [-0.4, -0.2) is 30.3 Å². The zero-order chi connectivity index (χ0) is 23.4. The molecule has 2 aromatic heterocycles. The summed E-state index contributed by atoms with van der Waals surface area (Å²) in [6, 6.07) is 15.0. The van der Waals surface area contributed by atoms with Crippen LogP contribution in [0.4, 0.5) is 0 Å². The molecule has 2 heterocycles. The van der Waals surface area contributed by atoms with Gasteiger partial charge in [0.15, 0.2) is 17.3 Å². The van der Waals surface area contributed by atoms with E-state index < -0.39 is 11.9 Å². The van der Waals surface area contributed by atoms with Gasteiger partial charge >= 0.3 is 11.9 Å². The zero-order valence-electron chi connectivity index (χ0n) is 17.2. The van der Waals surface area contributed by atoms with E-state index in [1.54, 1.807) is 30.3 Å². The summed E-state index contributed by atoms with van der Waals surface area (Å²) in [5, 5.41) is 13.7. The Morgan fingerprint density at radius 2 is 1.91 bits per heavy atom. The van der Waals surface area contributed by atoms with E-state index in [1.807, 2.05) is 12.1 Å². The lowest BCUT2D eigenvalue weighted by atomic mass is 10.2. The van der Waals surface area contributed by atoms with Gasteiger partial charge < -0.3 is 23.4 Å². The maximum Gasteiger partial charge on any atom is 0.371 e. The normalized spacial score (nSPS) is 11.1. The van der Waals surface area contributed by atoms with Crippen LogP contribution in [0.2, 0.25) is 0 Å². The number of amides is 1. The lowest BCUT2D eigenvalue weighted by Crippen LogP contribution is -2.16. The van der Waals surface area contributed by atoms with Crippen LogP contribution in [0.3, 0.4) is 0 Å². The average molecular weight is 513 g/mol. The summed E-state index contributed by atoms with van der Waals surface area (Å²) in [6.07, 6.45) is 1.45. The number of hydrogen-bond donors (Lipinski definition) is 2. The Balaban J connectivity index is 1.39. The standard InChI is InChI=1S/C23H17BrN2O7/c1-30-20-8-13(2-5-18(20)31-12-16-4-7-19(32-16)23(28)29)11-25-26-22(27)21-10-14-9-15(24)3-6-17(14)33-21/h2-11H,12H2,1H3,(H,26,27)(H,28,29)/b25-11+. The molecule has 4 aromatic rings. The van der Waals surface area contributed by atoms with Crippen molar-refractivity contribution in [3.05, 3.63) is 81.9 Å². The maximum absolute atomic E-state index is 12.3. The third-order valence-electron chi connectivity index (χ3n) is 4.51. The predicted octanol–water partition coefficient (Wildman–Crippen LogP) is 4.84. The third kappa shape index (κ3) is 5.24. The van der Waals surface area contributed by atoms with E-state index in [4.69, 9.17) is 23.4 Å². The molecule has 0 bridgehead atoms. The minimum Gasteiger partial charge on any atom is -0.493 e. The quantitative estimate of drug-likeness (QED) is 0.255. The van der Waals surface area contributed by atoms with Gasteiger partial charge in [-0.3, -0.25) is 4.79 Å². The van der Waals surface area contributed by atoms with Crippen molar-refractivity contribution in [2.45, 2.75) is 6.61 Å². The minimum absolute atomic E-state index is 0.0290. The number of halogens is 1. The van der Waals surface area contributed by atoms with E-state index in [0.29, 0.717) is 28.4 Å². The van der Waals surface area contributed by atoms with Gasteiger partial charge in [-0.05, 0) is 60.2 Å². The largest absolute Gasteiger partial charge is 0.493 e. The van der Waals surface area contributed by atoms with Crippen molar-refractivity contribution in [1.82, 2.24) is 5.43 Å². The van der Waals surface area contributed by atoms with Crippen LogP contribution in [0.25, 0.3) is 11.0 Å². The Morgan fingerprint density at radius 1 is 1.06 bits per heavy atom. The molecule has 2 N–H and O–H groups in total. The Bertz CT molecular complexity index is 1360. The summed E-state index contributed by atoms with van der Waals surface area (Å²) < 4.78 is 22.6. The summed E-state index contributed by atoms with van der Waals surface area (Å²) in [4.78, 5) is 23.2. The van der Waals surface area contributed by atoms with Crippen LogP contribution in [0.5, 0.6) is 11.5 Å². The molecule has 0 aliphatic rings. The molecule has 0 unspecified atom stereocenters. The number of carboxylic acid groups (broad SMARTS) is 1. The van der Waals surface area contributed by atoms with Gasteiger partial charge in [0.1, 0.15) is 18.0 Å². The number of aromatic carboxylic acids is 1. The van der Waals surface area contributed by atoms with E-state index in [2.05, 4.69) is 26.5 Å². The fourth-order valence-corrected chi connectivity index (χ4v) is 3.33. The molecule has 10 heteroatoms. The first kappa shape index (κ1) is 22.2. The Labute approximate surface area is 195 Å². The fourth-order valence-electron chi connectivity index (χ4n) is 2.95. The zero-order valence-corrected chi connectivity index (χ0v) is 18.8. The number of hydrazone groups is 1. The molecule has 0 spiro atoms. The Morgan fingerprint density at radius 3 is 2.67 bits per heavy atom. The highest BCUT2D eigenvalue weighted by molar-refractivity contribution is 9.10. The third-order valence-corrected chi connectivity index (χ3v) is 5.01. The molecule has 33 heavy (non-hydrogen) atoms. The van der Waals surface area contributed by atoms with Crippen LogP contribution in [0.15, 0.2) is 73.0 Å². The number of carboxylic acids is 1. The number of benzene rings is 2. The number of nitrogens with one attached hydrogen (secondary N) is 1. The van der Waals surface area contributed by atoms with Crippen molar-refractivity contribution in [2.75, 3.05) is 7.11 Å². The van der Waals surface area contributed by atoms with Crippen molar-refractivity contribution in [3.63, 3.8) is 0 Å². The number of rotatable bonds is 8. The maximum atomic E-state index is 12.3. The number of fused-ring (bicyclic) bond motifs is 1. The van der Waals surface area contributed by atoms with Crippen LogP contribution >= 0.6 is 15.9 Å². The number of nitrogens with zero attached hydrogens (tertiary/aromatic N) is 1. The van der Waals surface area contributed by atoms with Crippen molar-refractivity contribution in [3.8, 4) is 11.5 Å². The molecular formula is C23H17BrN2O7. The van der Waals surface area contributed by atoms with Crippen molar-refractivity contribution < 1.29 is 33.0 Å². The predicted molar refractivity (Wildman–Crippen MR) is 122 cm³/mol. The Hall–Kier alpha value is -4.05. The van der Waals surface area contributed by atoms with Gasteiger partial charge in [-0.2, -0.15) is 5.10 Å². The smallest absolute Gasteiger partial charge is 0.371 e. The van der Waals surface area contributed by atoms with E-state index in [1.165, 1.54) is 25.5 Å². The van der Waals surface area contributed by atoms with E-state index >= 15 is 0 Å². The van der Waals surface area contributed by atoms with Gasteiger partial charge in [0.05, 0.1) is 13.3 Å². The molecule has 1 amide bonds. The van der Waals surface area contributed by atoms with Crippen LogP contribution in [-0.2, 0) is 6.61 Å². The first-order valence-corrected chi connectivity index (χ1v) is 10.4. The molecular weight excluding hydrogens is 496 g/mol. The molecule has 0 radical (unpaired) electrons. The van der Waals surface area contributed by atoms with Gasteiger partial charge in [0, 0.05) is 9.86 Å². The molecule has 0 fully saturated rings. The number of methoxy groups -OCH3 is 1. The highest BCUT2D eigenvalue weighted by Gasteiger charge is 2.13. The molecule has 168 valence electrons.